The summed E-state index contributed by atoms with van der Waals surface area (Å²) in [6.07, 6.45) is 1.68. The zero-order chi connectivity index (χ0) is 19.6. The second-order valence-corrected chi connectivity index (χ2v) is 7.21. The monoisotopic (exact) mass is 379 g/mol. The van der Waals surface area contributed by atoms with Gasteiger partial charge in [-0.3, -0.25) is 4.79 Å². The predicted molar refractivity (Wildman–Crippen MR) is 109 cm³/mol. The van der Waals surface area contributed by atoms with Gasteiger partial charge in [0, 0.05) is 51.7 Å². The molecule has 28 heavy (non-hydrogen) atoms. The quantitative estimate of drug-likeness (QED) is 0.677. The molecule has 1 aliphatic rings. The van der Waals surface area contributed by atoms with E-state index < -0.39 is 0 Å². The summed E-state index contributed by atoms with van der Waals surface area (Å²) in [6.45, 7) is 1.84. The zero-order valence-corrected chi connectivity index (χ0v) is 16.3. The normalized spacial score (nSPS) is 16.2. The highest BCUT2D eigenvalue weighted by Gasteiger charge is 2.34. The molecule has 0 unspecified atom stereocenters. The Kier molecular flexibility index (Phi) is 5.20. The average molecular weight is 379 g/mol. The van der Waals surface area contributed by atoms with Gasteiger partial charge in [0.25, 0.3) is 5.56 Å². The lowest BCUT2D eigenvalue weighted by molar-refractivity contribution is -0.0948. The minimum absolute atomic E-state index is 0.0143. The maximum atomic E-state index is 11.9. The molecule has 5 nitrogen and oxygen atoms in total. The first-order chi connectivity index (χ1) is 13.6. The second-order valence-electron chi connectivity index (χ2n) is 7.21. The van der Waals surface area contributed by atoms with E-state index in [4.69, 9.17) is 14.2 Å². The first-order valence-corrected chi connectivity index (χ1v) is 9.57. The molecule has 0 N–H and O–H groups in total. The Labute approximate surface area is 164 Å². The molecule has 5 heteroatoms. The zero-order valence-electron chi connectivity index (χ0n) is 16.3. The van der Waals surface area contributed by atoms with E-state index in [1.807, 2.05) is 36.4 Å². The van der Waals surface area contributed by atoms with Gasteiger partial charge < -0.3 is 18.8 Å². The van der Waals surface area contributed by atoms with Gasteiger partial charge >= 0.3 is 0 Å². The third-order valence-corrected chi connectivity index (χ3v) is 5.70. The van der Waals surface area contributed by atoms with E-state index in [-0.39, 0.29) is 11.2 Å². The molecule has 3 aromatic rings. The summed E-state index contributed by atoms with van der Waals surface area (Å²) in [5, 5.41) is 1.03. The van der Waals surface area contributed by atoms with Crippen molar-refractivity contribution < 1.29 is 14.2 Å². The van der Waals surface area contributed by atoms with Crippen LogP contribution in [-0.4, -0.2) is 24.9 Å². The fraction of sp³-hybridized carbons (Fsp3) is 0.348. The third kappa shape index (κ3) is 3.43. The molecule has 1 fully saturated rings. The maximum absolute atomic E-state index is 11.9. The molecule has 1 saturated heterocycles. The van der Waals surface area contributed by atoms with Crippen LogP contribution >= 0.6 is 0 Å². The van der Waals surface area contributed by atoms with Crippen LogP contribution in [0.25, 0.3) is 10.9 Å². The summed E-state index contributed by atoms with van der Waals surface area (Å²) < 4.78 is 19.2. The summed E-state index contributed by atoms with van der Waals surface area (Å²) in [5.74, 6) is 0.808. The Morgan fingerprint density at radius 2 is 1.86 bits per heavy atom. The standard InChI is InChI=1S/C23H25NO4/c1-24-21-8-3-5-17(20(21)9-10-22(24)25)16-28-19-7-4-6-18(15-19)23(26-2)11-13-27-14-12-23/h3-10,15H,11-14,16H2,1-2H3. The number of ether oxygens (including phenoxy) is 3. The number of aryl methyl sites for hydroxylation is 1. The molecule has 0 aliphatic carbocycles. The van der Waals surface area contributed by atoms with Crippen molar-refractivity contribution >= 4 is 10.9 Å². The van der Waals surface area contributed by atoms with Crippen molar-refractivity contribution in [1.82, 2.24) is 4.57 Å². The van der Waals surface area contributed by atoms with Crippen LogP contribution < -0.4 is 10.3 Å². The molecule has 4 rings (SSSR count). The Hall–Kier alpha value is -2.63. The molecule has 1 aromatic heterocycles. The van der Waals surface area contributed by atoms with E-state index >= 15 is 0 Å². The molecule has 0 atom stereocenters. The molecular weight excluding hydrogens is 354 g/mol. The molecule has 2 aromatic carbocycles. The van der Waals surface area contributed by atoms with Crippen LogP contribution in [0.4, 0.5) is 0 Å². The van der Waals surface area contributed by atoms with Crippen LogP contribution in [0.15, 0.2) is 59.4 Å². The minimum atomic E-state index is -0.310. The van der Waals surface area contributed by atoms with Gasteiger partial charge in [0.15, 0.2) is 0 Å². The fourth-order valence-corrected chi connectivity index (χ4v) is 3.94. The number of hydrogen-bond acceptors (Lipinski definition) is 4. The van der Waals surface area contributed by atoms with Gasteiger partial charge in [-0.1, -0.05) is 24.3 Å². The molecule has 0 spiro atoms. The maximum Gasteiger partial charge on any atom is 0.250 e. The van der Waals surface area contributed by atoms with Crippen molar-refractivity contribution in [3.8, 4) is 5.75 Å². The van der Waals surface area contributed by atoms with Crippen molar-refractivity contribution in [1.29, 1.82) is 0 Å². The van der Waals surface area contributed by atoms with E-state index in [0.717, 1.165) is 40.6 Å². The highest BCUT2D eigenvalue weighted by Crippen LogP contribution is 2.37. The predicted octanol–water partition coefficient (Wildman–Crippen LogP) is 3.77. The lowest BCUT2D eigenvalue weighted by Gasteiger charge is -2.36. The molecule has 2 heterocycles. The van der Waals surface area contributed by atoms with Crippen molar-refractivity contribution in [3.63, 3.8) is 0 Å². The number of benzene rings is 2. The SMILES string of the molecule is COC1(c2cccc(OCc3cccc4c3ccc(=O)n4C)c2)CCOCC1. The van der Waals surface area contributed by atoms with E-state index in [1.165, 1.54) is 0 Å². The van der Waals surface area contributed by atoms with Crippen molar-refractivity contribution in [3.05, 3.63) is 76.1 Å². The van der Waals surface area contributed by atoms with Crippen LogP contribution in [0.2, 0.25) is 0 Å². The molecular formula is C23H25NO4. The molecule has 0 saturated carbocycles. The minimum Gasteiger partial charge on any atom is -0.489 e. The Bertz CT molecular complexity index is 1030. The van der Waals surface area contributed by atoms with Gasteiger partial charge in [-0.25, -0.2) is 0 Å². The third-order valence-electron chi connectivity index (χ3n) is 5.70. The van der Waals surface area contributed by atoms with Gasteiger partial charge in [-0.2, -0.15) is 0 Å². The number of hydrogen-bond donors (Lipinski definition) is 0. The van der Waals surface area contributed by atoms with Crippen molar-refractivity contribution in [2.45, 2.75) is 25.0 Å². The van der Waals surface area contributed by atoms with Gasteiger partial charge in [0.1, 0.15) is 12.4 Å². The topological polar surface area (TPSA) is 49.7 Å². The Morgan fingerprint density at radius 1 is 1.07 bits per heavy atom. The van der Waals surface area contributed by atoms with Crippen LogP contribution in [-0.2, 0) is 28.7 Å². The molecule has 0 amide bonds. The number of nitrogens with zero attached hydrogens (tertiary/aromatic N) is 1. The van der Waals surface area contributed by atoms with Crippen molar-refractivity contribution in [2.75, 3.05) is 20.3 Å². The van der Waals surface area contributed by atoms with Crippen LogP contribution in [0.3, 0.4) is 0 Å². The molecule has 146 valence electrons. The number of fused-ring (bicyclic) bond motifs is 1. The molecule has 0 bridgehead atoms. The Balaban J connectivity index is 1.59. The summed E-state index contributed by atoms with van der Waals surface area (Å²) in [5.41, 5.74) is 2.75. The smallest absolute Gasteiger partial charge is 0.250 e. The molecule has 1 aliphatic heterocycles. The van der Waals surface area contributed by atoms with Crippen molar-refractivity contribution in [2.24, 2.45) is 7.05 Å². The average Bonchev–Trinajstić information content (AvgIpc) is 2.75. The van der Waals surface area contributed by atoms with E-state index in [9.17, 15) is 4.79 Å². The summed E-state index contributed by atoms with van der Waals surface area (Å²) in [6, 6.07) is 17.5. The largest absolute Gasteiger partial charge is 0.489 e. The number of methoxy groups -OCH3 is 1. The van der Waals surface area contributed by atoms with Gasteiger partial charge in [0.2, 0.25) is 0 Å². The summed E-state index contributed by atoms with van der Waals surface area (Å²) in [7, 11) is 3.55. The fourth-order valence-electron chi connectivity index (χ4n) is 3.94. The first kappa shape index (κ1) is 18.7. The molecule has 0 radical (unpaired) electrons. The second kappa shape index (κ2) is 7.78. The number of pyridine rings is 1. The van der Waals surface area contributed by atoms with Crippen LogP contribution in [0.5, 0.6) is 5.75 Å². The summed E-state index contributed by atoms with van der Waals surface area (Å²) in [4.78, 5) is 11.9. The van der Waals surface area contributed by atoms with Crippen LogP contribution in [0.1, 0.15) is 24.0 Å². The van der Waals surface area contributed by atoms with E-state index in [2.05, 4.69) is 12.1 Å². The van der Waals surface area contributed by atoms with Crippen LogP contribution in [0, 0.1) is 0 Å². The number of rotatable bonds is 5. The van der Waals surface area contributed by atoms with E-state index in [1.54, 1.807) is 24.8 Å². The van der Waals surface area contributed by atoms with E-state index in [0.29, 0.717) is 19.8 Å². The first-order valence-electron chi connectivity index (χ1n) is 9.57. The number of aromatic nitrogens is 1. The lowest BCUT2D eigenvalue weighted by atomic mass is 9.86. The lowest BCUT2D eigenvalue weighted by Crippen LogP contribution is -2.35. The van der Waals surface area contributed by atoms with Gasteiger partial charge in [0.05, 0.1) is 11.1 Å². The summed E-state index contributed by atoms with van der Waals surface area (Å²) >= 11 is 0. The van der Waals surface area contributed by atoms with Gasteiger partial charge in [-0.05, 0) is 35.4 Å². The Morgan fingerprint density at radius 3 is 2.64 bits per heavy atom. The highest BCUT2D eigenvalue weighted by atomic mass is 16.5. The van der Waals surface area contributed by atoms with Gasteiger partial charge in [-0.15, -0.1) is 0 Å². The highest BCUT2D eigenvalue weighted by molar-refractivity contribution is 5.82.